The highest BCUT2D eigenvalue weighted by atomic mass is 16.5. The SMILES string of the molecule is CCOC(=O)c1ccccc1C(=O)C(=O)C1CC1. The van der Waals surface area contributed by atoms with Gasteiger partial charge in [-0.1, -0.05) is 18.2 Å². The van der Waals surface area contributed by atoms with Crippen LogP contribution in [0.5, 0.6) is 0 Å². The molecule has 0 heterocycles. The highest BCUT2D eigenvalue weighted by Gasteiger charge is 2.35. The third-order valence-electron chi connectivity index (χ3n) is 2.84. The van der Waals surface area contributed by atoms with Crippen molar-refractivity contribution in [3.63, 3.8) is 0 Å². The Morgan fingerprint density at radius 1 is 1.17 bits per heavy atom. The van der Waals surface area contributed by atoms with Crippen molar-refractivity contribution in [2.24, 2.45) is 5.92 Å². The maximum Gasteiger partial charge on any atom is 0.338 e. The number of carbonyl (C=O) groups is 3. The smallest absolute Gasteiger partial charge is 0.338 e. The van der Waals surface area contributed by atoms with Gasteiger partial charge in [-0.2, -0.15) is 0 Å². The first-order valence-electron chi connectivity index (χ1n) is 5.99. The van der Waals surface area contributed by atoms with Crippen LogP contribution in [0.1, 0.15) is 40.5 Å². The van der Waals surface area contributed by atoms with Crippen molar-refractivity contribution in [2.45, 2.75) is 19.8 Å². The Morgan fingerprint density at radius 3 is 2.33 bits per heavy atom. The first-order valence-corrected chi connectivity index (χ1v) is 5.99. The van der Waals surface area contributed by atoms with Gasteiger partial charge in [0.25, 0.3) is 0 Å². The second-order valence-corrected chi connectivity index (χ2v) is 4.23. The Kier molecular flexibility index (Phi) is 3.55. The van der Waals surface area contributed by atoms with Crippen LogP contribution in [-0.4, -0.2) is 24.1 Å². The summed E-state index contributed by atoms with van der Waals surface area (Å²) in [5, 5.41) is 0. The summed E-state index contributed by atoms with van der Waals surface area (Å²) < 4.78 is 4.87. The van der Waals surface area contributed by atoms with E-state index in [1.807, 2.05) is 0 Å². The predicted molar refractivity (Wildman–Crippen MR) is 64.5 cm³/mol. The van der Waals surface area contributed by atoms with E-state index in [0.29, 0.717) is 0 Å². The van der Waals surface area contributed by atoms with E-state index in [1.54, 1.807) is 19.1 Å². The first-order chi connectivity index (χ1) is 8.65. The summed E-state index contributed by atoms with van der Waals surface area (Å²) in [4.78, 5) is 35.4. The Morgan fingerprint density at radius 2 is 1.78 bits per heavy atom. The van der Waals surface area contributed by atoms with Crippen LogP contribution in [0, 0.1) is 5.92 Å². The highest BCUT2D eigenvalue weighted by Crippen LogP contribution is 2.31. The van der Waals surface area contributed by atoms with E-state index in [-0.39, 0.29) is 23.7 Å². The summed E-state index contributed by atoms with van der Waals surface area (Å²) in [7, 11) is 0. The summed E-state index contributed by atoms with van der Waals surface area (Å²) >= 11 is 0. The molecule has 0 amide bonds. The Hall–Kier alpha value is -1.97. The van der Waals surface area contributed by atoms with Gasteiger partial charge in [0, 0.05) is 11.5 Å². The van der Waals surface area contributed by atoms with Gasteiger partial charge in [-0.25, -0.2) is 4.79 Å². The standard InChI is InChI=1S/C14H14O4/c1-2-18-14(17)11-6-4-3-5-10(11)13(16)12(15)9-7-8-9/h3-6,9H,2,7-8H2,1H3. The van der Waals surface area contributed by atoms with Gasteiger partial charge >= 0.3 is 5.97 Å². The maximum atomic E-state index is 12.0. The Bertz CT molecular complexity index is 500. The Labute approximate surface area is 105 Å². The van der Waals surface area contributed by atoms with E-state index in [2.05, 4.69) is 0 Å². The van der Waals surface area contributed by atoms with Gasteiger partial charge in [0.05, 0.1) is 12.2 Å². The molecule has 1 fully saturated rings. The highest BCUT2D eigenvalue weighted by molar-refractivity contribution is 6.45. The fourth-order valence-corrected chi connectivity index (χ4v) is 1.73. The lowest BCUT2D eigenvalue weighted by molar-refractivity contribution is -0.116. The van der Waals surface area contributed by atoms with Crippen LogP contribution in [-0.2, 0) is 9.53 Å². The quantitative estimate of drug-likeness (QED) is 0.453. The number of esters is 1. The lowest BCUT2D eigenvalue weighted by Gasteiger charge is -2.06. The van der Waals surface area contributed by atoms with Gasteiger partial charge in [0.1, 0.15) is 0 Å². The fraction of sp³-hybridized carbons (Fsp3) is 0.357. The van der Waals surface area contributed by atoms with Crippen molar-refractivity contribution < 1.29 is 19.1 Å². The van der Waals surface area contributed by atoms with Gasteiger partial charge in [-0.05, 0) is 25.8 Å². The summed E-state index contributed by atoms with van der Waals surface area (Å²) in [6, 6.07) is 6.28. The zero-order valence-corrected chi connectivity index (χ0v) is 10.1. The minimum absolute atomic E-state index is 0.146. The minimum atomic E-state index is -0.582. The van der Waals surface area contributed by atoms with Crippen LogP contribution in [0.3, 0.4) is 0 Å². The topological polar surface area (TPSA) is 60.4 Å². The van der Waals surface area contributed by atoms with Crippen LogP contribution >= 0.6 is 0 Å². The molecule has 1 aromatic rings. The van der Waals surface area contributed by atoms with Crippen LogP contribution in [0.4, 0.5) is 0 Å². The van der Waals surface area contributed by atoms with Gasteiger partial charge in [-0.15, -0.1) is 0 Å². The first kappa shape index (κ1) is 12.5. The van der Waals surface area contributed by atoms with Crippen LogP contribution in [0.2, 0.25) is 0 Å². The van der Waals surface area contributed by atoms with Crippen LogP contribution in [0.15, 0.2) is 24.3 Å². The zero-order valence-electron chi connectivity index (χ0n) is 10.1. The average molecular weight is 246 g/mol. The predicted octanol–water partition coefficient (Wildman–Crippen LogP) is 2.03. The number of rotatable bonds is 5. The number of hydrogen-bond donors (Lipinski definition) is 0. The van der Waals surface area contributed by atoms with Crippen LogP contribution in [0.25, 0.3) is 0 Å². The van der Waals surface area contributed by atoms with E-state index < -0.39 is 17.5 Å². The molecule has 4 heteroatoms. The van der Waals surface area contributed by atoms with Gasteiger partial charge < -0.3 is 4.74 Å². The van der Waals surface area contributed by atoms with Crippen molar-refractivity contribution in [3.05, 3.63) is 35.4 Å². The molecule has 18 heavy (non-hydrogen) atoms. The largest absolute Gasteiger partial charge is 0.462 e. The van der Waals surface area contributed by atoms with Crippen molar-refractivity contribution in [1.29, 1.82) is 0 Å². The van der Waals surface area contributed by atoms with Crippen molar-refractivity contribution in [3.8, 4) is 0 Å². The van der Waals surface area contributed by atoms with Gasteiger partial charge in [0.2, 0.25) is 11.6 Å². The zero-order chi connectivity index (χ0) is 13.1. The molecule has 1 aromatic carbocycles. The normalized spacial score (nSPS) is 14.1. The Balaban J connectivity index is 2.29. The van der Waals surface area contributed by atoms with E-state index in [0.717, 1.165) is 12.8 Å². The second-order valence-electron chi connectivity index (χ2n) is 4.23. The monoisotopic (exact) mass is 246 g/mol. The number of benzene rings is 1. The molecule has 0 radical (unpaired) electrons. The molecule has 0 bridgehead atoms. The molecule has 0 aliphatic heterocycles. The molecule has 2 rings (SSSR count). The third kappa shape index (κ3) is 2.47. The summed E-state index contributed by atoms with van der Waals surface area (Å²) in [5.74, 6) is -1.69. The van der Waals surface area contributed by atoms with Gasteiger partial charge in [0.15, 0.2) is 0 Å². The minimum Gasteiger partial charge on any atom is -0.462 e. The van der Waals surface area contributed by atoms with Crippen molar-refractivity contribution in [1.82, 2.24) is 0 Å². The average Bonchev–Trinajstić information content (AvgIpc) is 3.21. The molecule has 94 valence electrons. The molecule has 0 aromatic heterocycles. The number of ether oxygens (including phenoxy) is 1. The van der Waals surface area contributed by atoms with Crippen molar-refractivity contribution in [2.75, 3.05) is 6.61 Å². The summed E-state index contributed by atoms with van der Waals surface area (Å²) in [6.07, 6.45) is 1.54. The number of carbonyl (C=O) groups excluding carboxylic acids is 3. The van der Waals surface area contributed by atoms with E-state index >= 15 is 0 Å². The molecule has 1 saturated carbocycles. The van der Waals surface area contributed by atoms with E-state index in [1.165, 1.54) is 12.1 Å². The number of Topliss-reactive ketones (excluding diaryl/α,β-unsaturated/α-hetero) is 2. The van der Waals surface area contributed by atoms with Crippen molar-refractivity contribution >= 4 is 17.5 Å². The molecule has 1 aliphatic rings. The van der Waals surface area contributed by atoms with E-state index in [9.17, 15) is 14.4 Å². The molecule has 0 spiro atoms. The van der Waals surface area contributed by atoms with Gasteiger partial charge in [-0.3, -0.25) is 9.59 Å². The summed E-state index contributed by atoms with van der Waals surface area (Å²) in [5.41, 5.74) is 0.311. The molecule has 0 unspecified atom stereocenters. The molecular weight excluding hydrogens is 232 g/mol. The molecule has 4 nitrogen and oxygen atoms in total. The molecular formula is C14H14O4. The molecule has 0 saturated heterocycles. The number of hydrogen-bond acceptors (Lipinski definition) is 4. The maximum absolute atomic E-state index is 12.0. The fourth-order valence-electron chi connectivity index (χ4n) is 1.73. The second kappa shape index (κ2) is 5.12. The molecule has 1 aliphatic carbocycles. The molecule has 0 N–H and O–H groups in total. The van der Waals surface area contributed by atoms with E-state index in [4.69, 9.17) is 4.74 Å². The lowest BCUT2D eigenvalue weighted by Crippen LogP contribution is -2.20. The lowest BCUT2D eigenvalue weighted by atomic mass is 9.99. The third-order valence-corrected chi connectivity index (χ3v) is 2.84. The molecule has 0 atom stereocenters. The van der Waals surface area contributed by atoms with Crippen LogP contribution < -0.4 is 0 Å². The number of ketones is 2. The summed E-state index contributed by atoms with van der Waals surface area (Å²) in [6.45, 7) is 1.93.